The fourth-order valence-corrected chi connectivity index (χ4v) is 4.69. The molecule has 0 spiro atoms. The van der Waals surface area contributed by atoms with Gasteiger partial charge in [0.1, 0.15) is 11.5 Å². The van der Waals surface area contributed by atoms with Crippen molar-refractivity contribution in [2.75, 3.05) is 19.0 Å². The van der Waals surface area contributed by atoms with Crippen LogP contribution >= 0.6 is 11.6 Å². The maximum Gasteiger partial charge on any atom is 0.137 e. The maximum atomic E-state index is 6.86. The molecule has 5 rings (SSSR count). The molecule has 0 atom stereocenters. The van der Waals surface area contributed by atoms with E-state index in [2.05, 4.69) is 58.5 Å². The Morgan fingerprint density at radius 3 is 2.39 bits per heavy atom. The van der Waals surface area contributed by atoms with Gasteiger partial charge in [-0.25, -0.2) is 0 Å². The van der Waals surface area contributed by atoms with E-state index in [-0.39, 0.29) is 0 Å². The predicted molar refractivity (Wildman–Crippen MR) is 153 cm³/mol. The summed E-state index contributed by atoms with van der Waals surface area (Å²) in [6.45, 7) is 0. The average molecular weight is 493 g/mol. The molecule has 0 bridgehead atoms. The summed E-state index contributed by atoms with van der Waals surface area (Å²) in [5.41, 5.74) is 7.47. The number of para-hydroxylation sites is 1. The number of anilines is 1. The molecule has 0 radical (unpaired) electrons. The van der Waals surface area contributed by atoms with Gasteiger partial charge in [0.2, 0.25) is 0 Å². The molecule has 1 heterocycles. The largest absolute Gasteiger partial charge is 0.456 e. The van der Waals surface area contributed by atoms with E-state index in [0.717, 1.165) is 75.0 Å². The van der Waals surface area contributed by atoms with Gasteiger partial charge in [0.25, 0.3) is 0 Å². The Balaban J connectivity index is 1.51. The Morgan fingerprint density at radius 1 is 0.889 bits per heavy atom. The van der Waals surface area contributed by atoms with Crippen molar-refractivity contribution in [3.63, 3.8) is 0 Å². The SMILES string of the molecule is CN(C)c1ccc2c(c1)OC(c1ccccc1)=C/C2=C\C=C1/CCCC(/C=N/c2ccccc2)=C1Cl. The van der Waals surface area contributed by atoms with Crippen LogP contribution < -0.4 is 9.64 Å². The number of ether oxygens (including phenoxy) is 1. The van der Waals surface area contributed by atoms with Crippen molar-refractivity contribution in [1.29, 1.82) is 0 Å². The second-order valence-electron chi connectivity index (χ2n) is 9.15. The maximum absolute atomic E-state index is 6.86. The highest BCUT2D eigenvalue weighted by Crippen LogP contribution is 2.40. The van der Waals surface area contributed by atoms with Crippen molar-refractivity contribution in [1.82, 2.24) is 0 Å². The molecule has 3 aromatic rings. The zero-order valence-corrected chi connectivity index (χ0v) is 21.4. The van der Waals surface area contributed by atoms with Crippen molar-refractivity contribution in [2.45, 2.75) is 19.3 Å². The summed E-state index contributed by atoms with van der Waals surface area (Å²) in [7, 11) is 4.07. The molecule has 0 amide bonds. The normalized spacial score (nSPS) is 17.8. The third kappa shape index (κ3) is 5.37. The van der Waals surface area contributed by atoms with Crippen molar-refractivity contribution in [2.24, 2.45) is 4.99 Å². The molecule has 0 fully saturated rings. The number of hydrogen-bond donors (Lipinski definition) is 0. The Bertz CT molecular complexity index is 1400. The first-order chi connectivity index (χ1) is 17.6. The van der Waals surface area contributed by atoms with Gasteiger partial charge in [0, 0.05) is 48.2 Å². The third-order valence-corrected chi connectivity index (χ3v) is 6.89. The zero-order valence-electron chi connectivity index (χ0n) is 20.6. The highest BCUT2D eigenvalue weighted by Gasteiger charge is 2.19. The van der Waals surface area contributed by atoms with Gasteiger partial charge in [-0.3, -0.25) is 4.99 Å². The fraction of sp³-hybridized carbons (Fsp3) is 0.156. The minimum Gasteiger partial charge on any atom is -0.456 e. The van der Waals surface area contributed by atoms with Crippen LogP contribution in [0.5, 0.6) is 5.75 Å². The van der Waals surface area contributed by atoms with Gasteiger partial charge in [0.15, 0.2) is 0 Å². The minimum atomic E-state index is 0.806. The second kappa shape index (κ2) is 10.8. The van der Waals surface area contributed by atoms with Crippen LogP contribution in [-0.2, 0) is 0 Å². The number of benzene rings is 3. The van der Waals surface area contributed by atoms with Crippen molar-refractivity contribution >= 4 is 40.5 Å². The van der Waals surface area contributed by atoms with Gasteiger partial charge in [-0.2, -0.15) is 0 Å². The standard InChI is InChI=1S/C32H29ClN2O/c1-35(2)28-18-19-29-25(20-30(36-31(29)21-28)23-10-5-3-6-11-23)17-16-24-12-9-13-26(32(24)33)22-34-27-14-7-4-8-15-27/h3-8,10-11,14-22H,9,12-13H2,1-2H3/b24-16+,25-17+,34-22+. The smallest absolute Gasteiger partial charge is 0.137 e. The molecule has 4 heteroatoms. The fourth-order valence-electron chi connectivity index (χ4n) is 4.39. The lowest BCUT2D eigenvalue weighted by Gasteiger charge is -2.23. The average Bonchev–Trinajstić information content (AvgIpc) is 2.92. The quantitative estimate of drug-likeness (QED) is 0.333. The molecule has 3 aromatic carbocycles. The van der Waals surface area contributed by atoms with Crippen LogP contribution in [0.2, 0.25) is 0 Å². The molecule has 36 heavy (non-hydrogen) atoms. The van der Waals surface area contributed by atoms with Crippen LogP contribution in [0.4, 0.5) is 11.4 Å². The van der Waals surface area contributed by atoms with Crippen molar-refractivity contribution in [3.8, 4) is 5.75 Å². The minimum absolute atomic E-state index is 0.806. The van der Waals surface area contributed by atoms with E-state index in [1.807, 2.05) is 68.8 Å². The Morgan fingerprint density at radius 2 is 1.64 bits per heavy atom. The second-order valence-corrected chi connectivity index (χ2v) is 9.53. The molecule has 1 aliphatic heterocycles. The number of halogens is 1. The molecule has 180 valence electrons. The van der Waals surface area contributed by atoms with E-state index in [9.17, 15) is 0 Å². The Labute approximate surface area is 218 Å². The van der Waals surface area contributed by atoms with Crippen LogP contribution in [0.1, 0.15) is 30.4 Å². The van der Waals surface area contributed by atoms with Gasteiger partial charge < -0.3 is 9.64 Å². The summed E-state index contributed by atoms with van der Waals surface area (Å²) >= 11 is 6.86. The molecule has 1 aliphatic carbocycles. The zero-order chi connectivity index (χ0) is 24.9. The molecule has 0 saturated heterocycles. The van der Waals surface area contributed by atoms with Gasteiger partial charge in [-0.05, 0) is 66.3 Å². The first-order valence-corrected chi connectivity index (χ1v) is 12.6. The summed E-state index contributed by atoms with van der Waals surface area (Å²) in [5.74, 6) is 1.69. The molecular weight excluding hydrogens is 464 g/mol. The Kier molecular flexibility index (Phi) is 7.20. The molecule has 2 aliphatic rings. The van der Waals surface area contributed by atoms with Crippen LogP contribution in [0.15, 0.2) is 118 Å². The summed E-state index contributed by atoms with van der Waals surface area (Å²) in [5, 5.41) is 0.806. The number of nitrogens with zero attached hydrogens (tertiary/aromatic N) is 2. The highest BCUT2D eigenvalue weighted by atomic mass is 35.5. The van der Waals surface area contributed by atoms with Gasteiger partial charge >= 0.3 is 0 Å². The number of aliphatic imine (C=N–C) groups is 1. The molecule has 3 nitrogen and oxygen atoms in total. The molecule has 0 unspecified atom stereocenters. The number of allylic oxidation sites excluding steroid dienone is 7. The van der Waals surface area contributed by atoms with E-state index < -0.39 is 0 Å². The summed E-state index contributed by atoms with van der Waals surface area (Å²) in [6, 6.07) is 26.5. The monoisotopic (exact) mass is 492 g/mol. The van der Waals surface area contributed by atoms with Crippen molar-refractivity contribution < 1.29 is 4.74 Å². The number of fused-ring (bicyclic) bond motifs is 1. The molecule has 0 aromatic heterocycles. The van der Waals surface area contributed by atoms with E-state index in [4.69, 9.17) is 16.3 Å². The van der Waals surface area contributed by atoms with Crippen molar-refractivity contribution in [3.05, 3.63) is 124 Å². The summed E-state index contributed by atoms with van der Waals surface area (Å²) in [6.07, 6.45) is 11.3. The summed E-state index contributed by atoms with van der Waals surface area (Å²) in [4.78, 5) is 6.70. The van der Waals surface area contributed by atoms with E-state index in [0.29, 0.717) is 0 Å². The topological polar surface area (TPSA) is 24.8 Å². The van der Waals surface area contributed by atoms with Crippen LogP contribution in [-0.4, -0.2) is 20.3 Å². The highest BCUT2D eigenvalue weighted by molar-refractivity contribution is 6.33. The number of rotatable bonds is 5. The Hall–Kier alpha value is -3.82. The third-order valence-electron chi connectivity index (χ3n) is 6.40. The molecule has 0 N–H and O–H groups in total. The first-order valence-electron chi connectivity index (χ1n) is 12.2. The van der Waals surface area contributed by atoms with Gasteiger partial charge in [-0.1, -0.05) is 72.3 Å². The lowest BCUT2D eigenvalue weighted by atomic mass is 9.93. The van der Waals surface area contributed by atoms with E-state index >= 15 is 0 Å². The van der Waals surface area contributed by atoms with E-state index in [1.54, 1.807) is 0 Å². The van der Waals surface area contributed by atoms with E-state index in [1.165, 1.54) is 0 Å². The van der Waals surface area contributed by atoms with Crippen LogP contribution in [0.3, 0.4) is 0 Å². The van der Waals surface area contributed by atoms with Gasteiger partial charge in [0.05, 0.1) is 5.69 Å². The number of hydrogen-bond acceptors (Lipinski definition) is 3. The van der Waals surface area contributed by atoms with Gasteiger partial charge in [-0.15, -0.1) is 0 Å². The molecule has 0 saturated carbocycles. The van der Waals surface area contributed by atoms with Crippen LogP contribution in [0, 0.1) is 0 Å². The molecular formula is C32H29ClN2O. The summed E-state index contributed by atoms with van der Waals surface area (Å²) < 4.78 is 6.36. The first kappa shape index (κ1) is 23.9. The van der Waals surface area contributed by atoms with Crippen LogP contribution in [0.25, 0.3) is 11.3 Å². The lowest BCUT2D eigenvalue weighted by molar-refractivity contribution is 0.509. The lowest BCUT2D eigenvalue weighted by Crippen LogP contribution is -2.10. The predicted octanol–water partition coefficient (Wildman–Crippen LogP) is 8.58.